The van der Waals surface area contributed by atoms with Crippen LogP contribution >= 0.6 is 11.6 Å². The van der Waals surface area contributed by atoms with E-state index in [1.807, 2.05) is 43.3 Å². The van der Waals surface area contributed by atoms with Gasteiger partial charge in [-0.2, -0.15) is 0 Å². The Morgan fingerprint density at radius 1 is 1.08 bits per heavy atom. The second kappa shape index (κ2) is 8.56. The van der Waals surface area contributed by atoms with Crippen molar-refractivity contribution >= 4 is 17.3 Å². The van der Waals surface area contributed by atoms with Gasteiger partial charge < -0.3 is 14.7 Å². The Hall–Kier alpha value is -1.75. The molecule has 0 bridgehead atoms. The smallest absolute Gasteiger partial charge is 0.119 e. The maximum absolute atomic E-state index is 10.3. The van der Waals surface area contributed by atoms with Crippen LogP contribution in [-0.2, 0) is 0 Å². The molecule has 2 aromatic carbocycles. The van der Waals surface area contributed by atoms with Gasteiger partial charge in [0.15, 0.2) is 0 Å². The first kappa shape index (κ1) is 18.1. The highest BCUT2D eigenvalue weighted by Gasteiger charge is 2.19. The Balaban J connectivity index is 1.41. The molecule has 0 spiro atoms. The van der Waals surface area contributed by atoms with Crippen molar-refractivity contribution in [2.24, 2.45) is 0 Å². The van der Waals surface area contributed by atoms with Gasteiger partial charge in [-0.25, -0.2) is 0 Å². The number of halogens is 1. The molecule has 25 heavy (non-hydrogen) atoms. The number of piperazine rings is 1. The van der Waals surface area contributed by atoms with E-state index in [0.717, 1.165) is 42.5 Å². The number of β-amino-alcohol motifs (C(OH)–C–C–N with tert-alkyl or cyclic N) is 1. The minimum atomic E-state index is -0.484. The third-order valence-electron chi connectivity index (χ3n) is 4.46. The highest BCUT2D eigenvalue weighted by molar-refractivity contribution is 6.30. The van der Waals surface area contributed by atoms with Crippen molar-refractivity contribution in [1.82, 2.24) is 4.90 Å². The summed E-state index contributed by atoms with van der Waals surface area (Å²) in [7, 11) is 0. The topological polar surface area (TPSA) is 35.9 Å². The quantitative estimate of drug-likeness (QED) is 0.858. The van der Waals surface area contributed by atoms with Gasteiger partial charge >= 0.3 is 0 Å². The second-order valence-corrected chi connectivity index (χ2v) is 6.98. The number of rotatable bonds is 6. The molecule has 0 aromatic heterocycles. The summed E-state index contributed by atoms with van der Waals surface area (Å²) in [5.74, 6) is 0.812. The molecule has 1 saturated heterocycles. The fourth-order valence-corrected chi connectivity index (χ4v) is 3.21. The van der Waals surface area contributed by atoms with Gasteiger partial charge in [0, 0.05) is 43.4 Å². The van der Waals surface area contributed by atoms with E-state index in [2.05, 4.69) is 21.9 Å². The molecule has 1 atom stereocenters. The first-order valence-corrected chi connectivity index (χ1v) is 9.08. The van der Waals surface area contributed by atoms with Crippen LogP contribution in [0.15, 0.2) is 48.5 Å². The van der Waals surface area contributed by atoms with Crippen LogP contribution in [0.3, 0.4) is 0 Å². The van der Waals surface area contributed by atoms with Gasteiger partial charge in [-0.05, 0) is 48.9 Å². The van der Waals surface area contributed by atoms with Gasteiger partial charge in [0.2, 0.25) is 0 Å². The fourth-order valence-electron chi connectivity index (χ4n) is 3.09. The third kappa shape index (κ3) is 5.36. The number of hydrogen-bond donors (Lipinski definition) is 1. The monoisotopic (exact) mass is 360 g/mol. The SMILES string of the molecule is Cc1cccc(OCC(O)CN2CCN(c3ccc(Cl)cc3)CC2)c1. The molecule has 1 aliphatic rings. The van der Waals surface area contributed by atoms with E-state index < -0.39 is 6.10 Å². The summed E-state index contributed by atoms with van der Waals surface area (Å²) < 4.78 is 5.69. The summed E-state index contributed by atoms with van der Waals surface area (Å²) in [5.41, 5.74) is 2.36. The van der Waals surface area contributed by atoms with Crippen LogP contribution in [0.25, 0.3) is 0 Å². The minimum absolute atomic E-state index is 0.320. The molecule has 0 amide bonds. The molecule has 0 aliphatic carbocycles. The van der Waals surface area contributed by atoms with Crippen molar-refractivity contribution in [2.75, 3.05) is 44.2 Å². The highest BCUT2D eigenvalue weighted by Crippen LogP contribution is 2.19. The zero-order valence-electron chi connectivity index (χ0n) is 14.6. The number of nitrogens with zero attached hydrogens (tertiary/aromatic N) is 2. The normalized spacial score (nSPS) is 16.7. The largest absolute Gasteiger partial charge is 0.491 e. The molecular formula is C20H25ClN2O2. The van der Waals surface area contributed by atoms with Crippen molar-refractivity contribution in [2.45, 2.75) is 13.0 Å². The number of ether oxygens (including phenoxy) is 1. The van der Waals surface area contributed by atoms with Crippen LogP contribution in [0, 0.1) is 6.92 Å². The lowest BCUT2D eigenvalue weighted by Crippen LogP contribution is -2.49. The van der Waals surface area contributed by atoms with Gasteiger partial charge in [-0.15, -0.1) is 0 Å². The van der Waals surface area contributed by atoms with Crippen LogP contribution in [0.4, 0.5) is 5.69 Å². The van der Waals surface area contributed by atoms with Gasteiger partial charge in [0.05, 0.1) is 0 Å². The lowest BCUT2D eigenvalue weighted by molar-refractivity contribution is 0.0663. The number of anilines is 1. The fraction of sp³-hybridized carbons (Fsp3) is 0.400. The molecule has 2 aromatic rings. The zero-order chi connectivity index (χ0) is 17.6. The molecule has 134 valence electrons. The Labute approximate surface area is 154 Å². The van der Waals surface area contributed by atoms with Crippen LogP contribution in [-0.4, -0.2) is 55.4 Å². The number of aliphatic hydroxyl groups is 1. The van der Waals surface area contributed by atoms with E-state index in [1.54, 1.807) is 0 Å². The molecule has 0 radical (unpaired) electrons. The van der Waals surface area contributed by atoms with Gasteiger partial charge in [-0.3, -0.25) is 4.90 Å². The van der Waals surface area contributed by atoms with E-state index in [-0.39, 0.29) is 0 Å². The first-order chi connectivity index (χ1) is 12.1. The van der Waals surface area contributed by atoms with Crippen LogP contribution in [0.1, 0.15) is 5.56 Å². The molecule has 1 fully saturated rings. The summed E-state index contributed by atoms with van der Waals surface area (Å²) in [5, 5.41) is 11.0. The molecule has 1 N–H and O–H groups in total. The summed E-state index contributed by atoms with van der Waals surface area (Å²) in [6, 6.07) is 15.9. The standard InChI is InChI=1S/C20H25ClN2O2/c1-16-3-2-4-20(13-16)25-15-19(24)14-22-9-11-23(12-10-22)18-7-5-17(21)6-8-18/h2-8,13,19,24H,9-12,14-15H2,1H3. The Bertz CT molecular complexity index is 670. The van der Waals surface area contributed by atoms with E-state index >= 15 is 0 Å². The third-order valence-corrected chi connectivity index (χ3v) is 4.72. The molecule has 1 aliphatic heterocycles. The molecule has 1 heterocycles. The maximum Gasteiger partial charge on any atom is 0.119 e. The van der Waals surface area contributed by atoms with Crippen molar-refractivity contribution in [3.8, 4) is 5.75 Å². The summed E-state index contributed by atoms with van der Waals surface area (Å²) in [4.78, 5) is 4.64. The highest BCUT2D eigenvalue weighted by atomic mass is 35.5. The molecule has 5 heteroatoms. The summed E-state index contributed by atoms with van der Waals surface area (Å²) >= 11 is 5.95. The molecule has 0 saturated carbocycles. The van der Waals surface area contributed by atoms with Crippen molar-refractivity contribution in [3.63, 3.8) is 0 Å². The summed E-state index contributed by atoms with van der Waals surface area (Å²) in [6.07, 6.45) is -0.484. The Kier molecular flexibility index (Phi) is 6.19. The average molecular weight is 361 g/mol. The average Bonchev–Trinajstić information content (AvgIpc) is 2.62. The number of hydrogen-bond acceptors (Lipinski definition) is 4. The maximum atomic E-state index is 10.3. The van der Waals surface area contributed by atoms with Gasteiger partial charge in [0.1, 0.15) is 18.5 Å². The van der Waals surface area contributed by atoms with Crippen molar-refractivity contribution < 1.29 is 9.84 Å². The summed E-state index contributed by atoms with van der Waals surface area (Å²) in [6.45, 7) is 6.76. The number of aryl methyl sites for hydroxylation is 1. The molecule has 1 unspecified atom stereocenters. The number of benzene rings is 2. The molecular weight excluding hydrogens is 336 g/mol. The first-order valence-electron chi connectivity index (χ1n) is 8.70. The van der Waals surface area contributed by atoms with Gasteiger partial charge in [0.25, 0.3) is 0 Å². The van der Waals surface area contributed by atoms with Gasteiger partial charge in [-0.1, -0.05) is 23.7 Å². The van der Waals surface area contributed by atoms with Crippen molar-refractivity contribution in [3.05, 3.63) is 59.1 Å². The van der Waals surface area contributed by atoms with E-state index in [0.29, 0.717) is 13.2 Å². The predicted molar refractivity (Wildman–Crippen MR) is 103 cm³/mol. The Morgan fingerprint density at radius 3 is 2.48 bits per heavy atom. The van der Waals surface area contributed by atoms with Crippen LogP contribution < -0.4 is 9.64 Å². The van der Waals surface area contributed by atoms with E-state index in [1.165, 1.54) is 5.69 Å². The van der Waals surface area contributed by atoms with Crippen molar-refractivity contribution in [1.29, 1.82) is 0 Å². The van der Waals surface area contributed by atoms with Crippen LogP contribution in [0.5, 0.6) is 5.75 Å². The Morgan fingerprint density at radius 2 is 1.80 bits per heavy atom. The molecule has 4 nitrogen and oxygen atoms in total. The zero-order valence-corrected chi connectivity index (χ0v) is 15.3. The lowest BCUT2D eigenvalue weighted by atomic mass is 10.2. The van der Waals surface area contributed by atoms with E-state index in [9.17, 15) is 5.11 Å². The lowest BCUT2D eigenvalue weighted by Gasteiger charge is -2.36. The predicted octanol–water partition coefficient (Wildman–Crippen LogP) is 3.21. The number of aliphatic hydroxyl groups excluding tert-OH is 1. The van der Waals surface area contributed by atoms with E-state index in [4.69, 9.17) is 16.3 Å². The second-order valence-electron chi connectivity index (χ2n) is 6.55. The molecule has 3 rings (SSSR count). The minimum Gasteiger partial charge on any atom is -0.491 e. The van der Waals surface area contributed by atoms with Crippen LogP contribution in [0.2, 0.25) is 5.02 Å².